The van der Waals surface area contributed by atoms with Crippen LogP contribution in [0, 0.1) is 11.6 Å². The van der Waals surface area contributed by atoms with Crippen LogP contribution in [0.2, 0.25) is 0 Å². The largest absolute Gasteiger partial charge is 0.355 e. The van der Waals surface area contributed by atoms with E-state index in [1.807, 2.05) is 6.92 Å². The number of urea groups is 1. The number of carbonyl (C=O) groups is 4. The Balaban J connectivity index is 2.12. The quantitative estimate of drug-likeness (QED) is 0.664. The van der Waals surface area contributed by atoms with Crippen molar-refractivity contribution in [1.82, 2.24) is 20.4 Å². The van der Waals surface area contributed by atoms with Gasteiger partial charge in [-0.2, -0.15) is 0 Å². The van der Waals surface area contributed by atoms with Gasteiger partial charge in [-0.15, -0.1) is 0 Å². The van der Waals surface area contributed by atoms with Crippen LogP contribution in [0.5, 0.6) is 0 Å². The molecule has 2 N–H and O–H groups in total. The average Bonchev–Trinajstić information content (AvgIpc) is 2.85. The lowest BCUT2D eigenvalue weighted by Gasteiger charge is -2.23. The molecule has 0 spiro atoms. The molecular formula is C18H22F2N4O4. The molecule has 8 nitrogen and oxygen atoms in total. The Kier molecular flexibility index (Phi) is 6.32. The zero-order valence-electron chi connectivity index (χ0n) is 15.8. The van der Waals surface area contributed by atoms with Crippen molar-refractivity contribution >= 4 is 23.8 Å². The van der Waals surface area contributed by atoms with Crippen molar-refractivity contribution in [2.24, 2.45) is 0 Å². The maximum Gasteiger partial charge on any atom is 0.325 e. The fourth-order valence-electron chi connectivity index (χ4n) is 2.78. The second-order valence-electron chi connectivity index (χ2n) is 6.67. The monoisotopic (exact) mass is 396 g/mol. The standard InChI is InChI=1S/C18H22F2N4O4/c1-4-7-21-14(25)9-23(3)15(26)10-24-16(27)18(2,22-17(24)28)12-8-11(19)5-6-13(12)20/h5-6,8H,4,7,9-10H2,1-3H3,(H,21,25)(H,22,28)/t18-/m0/s1. The molecule has 0 unspecified atom stereocenters. The van der Waals surface area contributed by atoms with Crippen molar-refractivity contribution in [1.29, 1.82) is 0 Å². The second kappa shape index (κ2) is 8.32. The summed E-state index contributed by atoms with van der Waals surface area (Å²) in [5.41, 5.74) is -2.19. The molecule has 0 aliphatic carbocycles. The number of likely N-dealkylation sites (N-methyl/N-ethyl adjacent to an activating group) is 1. The van der Waals surface area contributed by atoms with Crippen molar-refractivity contribution in [2.75, 3.05) is 26.7 Å². The summed E-state index contributed by atoms with van der Waals surface area (Å²) in [7, 11) is 1.36. The van der Waals surface area contributed by atoms with E-state index in [-0.39, 0.29) is 18.0 Å². The highest BCUT2D eigenvalue weighted by Crippen LogP contribution is 2.31. The first-order chi connectivity index (χ1) is 13.1. The summed E-state index contributed by atoms with van der Waals surface area (Å²) < 4.78 is 27.6. The molecule has 1 atom stereocenters. The summed E-state index contributed by atoms with van der Waals surface area (Å²) in [5, 5.41) is 4.91. The molecule has 1 aliphatic rings. The number of halogens is 2. The van der Waals surface area contributed by atoms with Gasteiger partial charge in [0.1, 0.15) is 23.7 Å². The maximum absolute atomic E-state index is 14.1. The Hall–Kier alpha value is -3.04. The molecule has 2 rings (SSSR count). The lowest BCUT2D eigenvalue weighted by Crippen LogP contribution is -2.46. The molecule has 10 heteroatoms. The summed E-state index contributed by atoms with van der Waals surface area (Å²) in [5.74, 6) is -3.55. The summed E-state index contributed by atoms with van der Waals surface area (Å²) in [4.78, 5) is 50.6. The molecule has 1 saturated heterocycles. The molecule has 1 heterocycles. The normalized spacial score (nSPS) is 18.8. The van der Waals surface area contributed by atoms with Crippen LogP contribution >= 0.6 is 0 Å². The smallest absolute Gasteiger partial charge is 0.325 e. The predicted molar refractivity (Wildman–Crippen MR) is 94.9 cm³/mol. The molecule has 152 valence electrons. The minimum absolute atomic E-state index is 0.238. The Bertz CT molecular complexity index is 817. The summed E-state index contributed by atoms with van der Waals surface area (Å²) in [6, 6.07) is 1.66. The second-order valence-corrected chi connectivity index (χ2v) is 6.67. The molecule has 1 aliphatic heterocycles. The van der Waals surface area contributed by atoms with Gasteiger partial charge in [0.2, 0.25) is 11.8 Å². The number of hydrogen-bond donors (Lipinski definition) is 2. The average molecular weight is 396 g/mol. The van der Waals surface area contributed by atoms with E-state index in [0.29, 0.717) is 11.4 Å². The first kappa shape index (κ1) is 21.3. The number of carbonyl (C=O) groups excluding carboxylic acids is 4. The molecule has 1 fully saturated rings. The summed E-state index contributed by atoms with van der Waals surface area (Å²) in [6.07, 6.45) is 0.737. The Labute approximate surface area is 160 Å². The highest BCUT2D eigenvalue weighted by atomic mass is 19.1. The number of rotatable bonds is 7. The van der Waals surface area contributed by atoms with Gasteiger partial charge in [-0.1, -0.05) is 6.92 Å². The predicted octanol–water partition coefficient (Wildman–Crippen LogP) is 0.716. The molecule has 5 amide bonds. The van der Waals surface area contributed by atoms with Gasteiger partial charge in [0.05, 0.1) is 6.54 Å². The van der Waals surface area contributed by atoms with Gasteiger partial charge in [-0.05, 0) is 31.5 Å². The third-order valence-electron chi connectivity index (χ3n) is 4.41. The Morgan fingerprint density at radius 1 is 1.29 bits per heavy atom. The maximum atomic E-state index is 14.1. The summed E-state index contributed by atoms with van der Waals surface area (Å²) in [6.45, 7) is 2.71. The molecule has 0 radical (unpaired) electrons. The number of nitrogens with zero attached hydrogens (tertiary/aromatic N) is 2. The molecular weight excluding hydrogens is 374 g/mol. The van der Waals surface area contributed by atoms with E-state index in [2.05, 4.69) is 10.6 Å². The van der Waals surface area contributed by atoms with Crippen LogP contribution in [0.3, 0.4) is 0 Å². The highest BCUT2D eigenvalue weighted by molar-refractivity contribution is 6.09. The lowest BCUT2D eigenvalue weighted by molar-refractivity contribution is -0.139. The zero-order valence-corrected chi connectivity index (χ0v) is 15.8. The molecule has 0 bridgehead atoms. The van der Waals surface area contributed by atoms with Crippen LogP contribution in [-0.4, -0.2) is 60.2 Å². The Morgan fingerprint density at radius 3 is 2.61 bits per heavy atom. The SMILES string of the molecule is CCCNC(=O)CN(C)C(=O)CN1C(=O)N[C@@](C)(c2cc(F)ccc2F)C1=O. The van der Waals surface area contributed by atoms with Crippen molar-refractivity contribution in [3.63, 3.8) is 0 Å². The van der Waals surface area contributed by atoms with Crippen LogP contribution in [0.15, 0.2) is 18.2 Å². The molecule has 1 aromatic rings. The number of amides is 5. The van der Waals surface area contributed by atoms with Crippen molar-refractivity contribution < 1.29 is 28.0 Å². The third-order valence-corrected chi connectivity index (χ3v) is 4.41. The van der Waals surface area contributed by atoms with Crippen LogP contribution < -0.4 is 10.6 Å². The van der Waals surface area contributed by atoms with Crippen molar-refractivity contribution in [3.8, 4) is 0 Å². The number of nitrogens with one attached hydrogen (secondary N) is 2. The lowest BCUT2D eigenvalue weighted by atomic mass is 9.91. The van der Waals surface area contributed by atoms with Gasteiger partial charge < -0.3 is 15.5 Å². The zero-order chi connectivity index (χ0) is 21.1. The number of hydrogen-bond acceptors (Lipinski definition) is 4. The van der Waals surface area contributed by atoms with Crippen LogP contribution in [0.1, 0.15) is 25.8 Å². The van der Waals surface area contributed by atoms with E-state index in [1.54, 1.807) is 0 Å². The summed E-state index contributed by atoms with van der Waals surface area (Å²) >= 11 is 0. The minimum Gasteiger partial charge on any atom is -0.355 e. The van der Waals surface area contributed by atoms with Gasteiger partial charge in [0, 0.05) is 19.2 Å². The fourth-order valence-corrected chi connectivity index (χ4v) is 2.78. The first-order valence-electron chi connectivity index (χ1n) is 8.70. The van der Waals surface area contributed by atoms with Gasteiger partial charge in [0.25, 0.3) is 5.91 Å². The van der Waals surface area contributed by atoms with Gasteiger partial charge >= 0.3 is 6.03 Å². The van der Waals surface area contributed by atoms with E-state index in [1.165, 1.54) is 14.0 Å². The van der Waals surface area contributed by atoms with Crippen molar-refractivity contribution in [3.05, 3.63) is 35.4 Å². The van der Waals surface area contributed by atoms with Crippen molar-refractivity contribution in [2.45, 2.75) is 25.8 Å². The highest BCUT2D eigenvalue weighted by Gasteiger charge is 2.51. The van der Waals surface area contributed by atoms with Gasteiger partial charge in [0.15, 0.2) is 0 Å². The minimum atomic E-state index is -1.85. The van der Waals surface area contributed by atoms with E-state index < -0.39 is 41.6 Å². The fraction of sp³-hybridized carbons (Fsp3) is 0.444. The van der Waals surface area contributed by atoms with Gasteiger partial charge in [-0.25, -0.2) is 13.6 Å². The molecule has 28 heavy (non-hydrogen) atoms. The topological polar surface area (TPSA) is 98.8 Å². The molecule has 1 aromatic carbocycles. The third kappa shape index (κ3) is 4.26. The number of benzene rings is 1. The van der Waals surface area contributed by atoms with E-state index in [0.717, 1.165) is 29.5 Å². The molecule has 0 saturated carbocycles. The molecule has 0 aromatic heterocycles. The van der Waals surface area contributed by atoms with E-state index >= 15 is 0 Å². The van der Waals surface area contributed by atoms with Crippen LogP contribution in [0.25, 0.3) is 0 Å². The van der Waals surface area contributed by atoms with Gasteiger partial charge in [-0.3, -0.25) is 19.3 Å². The Morgan fingerprint density at radius 2 is 1.96 bits per heavy atom. The number of imide groups is 1. The van der Waals surface area contributed by atoms with E-state index in [4.69, 9.17) is 0 Å². The first-order valence-corrected chi connectivity index (χ1v) is 8.70. The van der Waals surface area contributed by atoms with E-state index in [9.17, 15) is 28.0 Å². The van der Waals surface area contributed by atoms with Crippen LogP contribution in [-0.2, 0) is 19.9 Å². The van der Waals surface area contributed by atoms with Crippen LogP contribution in [0.4, 0.5) is 13.6 Å².